The first-order valence-corrected chi connectivity index (χ1v) is 9.32. The Hall–Kier alpha value is -1.83. The summed E-state index contributed by atoms with van der Waals surface area (Å²) in [7, 11) is 0. The van der Waals surface area contributed by atoms with Gasteiger partial charge in [0.15, 0.2) is 0 Å². The molecule has 1 fully saturated rings. The van der Waals surface area contributed by atoms with Gasteiger partial charge in [-0.2, -0.15) is 0 Å². The number of hydroxylamine groups is 1. The first-order valence-electron chi connectivity index (χ1n) is 8.94. The first-order chi connectivity index (χ1) is 13.1. The predicted octanol–water partition coefficient (Wildman–Crippen LogP) is 4.17. The van der Waals surface area contributed by atoms with E-state index in [1.54, 1.807) is 17.7 Å². The van der Waals surface area contributed by atoms with E-state index in [4.69, 9.17) is 16.8 Å². The number of anilines is 1. The molecule has 1 saturated heterocycles. The topological polar surface area (TPSA) is 77.5 Å². The van der Waals surface area contributed by atoms with Crippen LogP contribution in [-0.2, 0) is 11.3 Å². The van der Waals surface area contributed by atoms with Gasteiger partial charge in [-0.15, -0.1) is 24.8 Å². The Morgan fingerprint density at radius 1 is 1.31 bits per heavy atom. The van der Waals surface area contributed by atoms with Crippen LogP contribution in [-0.4, -0.2) is 40.1 Å². The van der Waals surface area contributed by atoms with E-state index in [1.807, 2.05) is 6.07 Å². The molecule has 0 aliphatic carbocycles. The molecule has 158 valence electrons. The van der Waals surface area contributed by atoms with Gasteiger partial charge < -0.3 is 5.32 Å². The Morgan fingerprint density at radius 3 is 2.76 bits per heavy atom. The molecule has 9 heteroatoms. The van der Waals surface area contributed by atoms with Gasteiger partial charge in [-0.05, 0) is 42.7 Å². The van der Waals surface area contributed by atoms with Crippen molar-refractivity contribution in [2.45, 2.75) is 25.4 Å². The van der Waals surface area contributed by atoms with Crippen molar-refractivity contribution in [2.24, 2.45) is 0 Å². The number of carbonyl (C=O) groups is 1. The van der Waals surface area contributed by atoms with Gasteiger partial charge in [0.1, 0.15) is 5.82 Å². The number of nitrogens with zero attached hydrogens (tertiary/aromatic N) is 2. The summed E-state index contributed by atoms with van der Waals surface area (Å²) in [4.78, 5) is 17.9. The van der Waals surface area contributed by atoms with Crippen LogP contribution in [0.4, 0.5) is 5.82 Å². The van der Waals surface area contributed by atoms with E-state index in [1.165, 1.54) is 17.7 Å². The minimum atomic E-state index is -0.603. The number of nitrogens with one attached hydrogen (secondary N) is 2. The standard InChI is InChI=1S/C20H23ClN4O2.2ClH/c21-18-11-16(8-9-19(26)24-27)12-22-20(18)23-17-7-4-10-25(14-17)13-15-5-2-1-3-6-15;;/h1-3,5-6,8-9,11-12,17,27H,4,7,10,13-14H2,(H,22,23)(H,24,26);2*1H/t17-;;/m1../s1. The van der Waals surface area contributed by atoms with E-state index in [2.05, 4.69) is 39.5 Å². The number of carbonyl (C=O) groups excluding carboxylic acids is 1. The van der Waals surface area contributed by atoms with Crippen LogP contribution in [0, 0.1) is 0 Å². The molecule has 1 atom stereocenters. The largest absolute Gasteiger partial charge is 0.365 e. The number of piperidine rings is 1. The Kier molecular flexibility index (Phi) is 11.0. The van der Waals surface area contributed by atoms with E-state index in [0.29, 0.717) is 16.4 Å². The van der Waals surface area contributed by atoms with Crippen LogP contribution in [0.3, 0.4) is 0 Å². The van der Waals surface area contributed by atoms with Crippen LogP contribution in [0.15, 0.2) is 48.7 Å². The van der Waals surface area contributed by atoms with Crippen LogP contribution < -0.4 is 10.8 Å². The maximum absolute atomic E-state index is 11.0. The summed E-state index contributed by atoms with van der Waals surface area (Å²) in [5, 5.41) is 12.4. The second-order valence-corrected chi connectivity index (χ2v) is 7.02. The molecule has 3 rings (SSSR count). The Balaban J connectivity index is 0.00000210. The molecule has 3 N–H and O–H groups in total. The van der Waals surface area contributed by atoms with Gasteiger partial charge in [0.25, 0.3) is 5.91 Å². The van der Waals surface area contributed by atoms with E-state index in [-0.39, 0.29) is 30.9 Å². The fraction of sp³-hybridized carbons (Fsp3) is 0.300. The summed E-state index contributed by atoms with van der Waals surface area (Å²) in [5.41, 5.74) is 3.54. The highest BCUT2D eigenvalue weighted by Gasteiger charge is 2.21. The van der Waals surface area contributed by atoms with Crippen LogP contribution >= 0.6 is 36.4 Å². The third kappa shape index (κ3) is 7.84. The van der Waals surface area contributed by atoms with Gasteiger partial charge in [0.05, 0.1) is 5.02 Å². The molecule has 1 aliphatic heterocycles. The molecule has 0 unspecified atom stereocenters. The summed E-state index contributed by atoms with van der Waals surface area (Å²) in [6.07, 6.45) is 6.58. The van der Waals surface area contributed by atoms with Gasteiger partial charge in [-0.25, -0.2) is 10.5 Å². The van der Waals surface area contributed by atoms with Gasteiger partial charge in [-0.1, -0.05) is 41.9 Å². The number of hydrogen-bond donors (Lipinski definition) is 3. The molecule has 0 saturated carbocycles. The van der Waals surface area contributed by atoms with Crippen LogP contribution in [0.25, 0.3) is 6.08 Å². The lowest BCUT2D eigenvalue weighted by atomic mass is 10.0. The zero-order valence-electron chi connectivity index (χ0n) is 15.8. The molecule has 2 heterocycles. The maximum atomic E-state index is 11.0. The average Bonchev–Trinajstić information content (AvgIpc) is 2.69. The lowest BCUT2D eigenvalue weighted by Gasteiger charge is -2.33. The molecule has 2 aromatic rings. The first kappa shape index (κ1) is 25.2. The van der Waals surface area contributed by atoms with Crippen molar-refractivity contribution in [3.8, 4) is 0 Å². The zero-order valence-corrected chi connectivity index (χ0v) is 18.1. The van der Waals surface area contributed by atoms with Crippen molar-refractivity contribution in [3.63, 3.8) is 0 Å². The quantitative estimate of drug-likeness (QED) is 0.343. The van der Waals surface area contributed by atoms with Crippen molar-refractivity contribution < 1.29 is 10.0 Å². The lowest BCUT2D eigenvalue weighted by Crippen LogP contribution is -2.41. The molecule has 0 spiro atoms. The van der Waals surface area contributed by atoms with Crippen molar-refractivity contribution >= 4 is 54.2 Å². The highest BCUT2D eigenvalue weighted by molar-refractivity contribution is 6.33. The average molecular weight is 460 g/mol. The Morgan fingerprint density at radius 2 is 2.07 bits per heavy atom. The van der Waals surface area contributed by atoms with Crippen molar-refractivity contribution in [1.29, 1.82) is 0 Å². The van der Waals surface area contributed by atoms with E-state index in [9.17, 15) is 4.79 Å². The molecule has 1 aliphatic rings. The lowest BCUT2D eigenvalue weighted by molar-refractivity contribution is -0.124. The number of benzene rings is 1. The monoisotopic (exact) mass is 458 g/mol. The fourth-order valence-corrected chi connectivity index (χ4v) is 3.44. The third-order valence-corrected chi connectivity index (χ3v) is 4.78. The Bertz CT molecular complexity index is 806. The second-order valence-electron chi connectivity index (χ2n) is 6.61. The molecular weight excluding hydrogens is 435 g/mol. The third-order valence-electron chi connectivity index (χ3n) is 4.50. The number of likely N-dealkylation sites (tertiary alicyclic amines) is 1. The van der Waals surface area contributed by atoms with Crippen molar-refractivity contribution in [2.75, 3.05) is 18.4 Å². The smallest absolute Gasteiger partial charge is 0.267 e. The summed E-state index contributed by atoms with van der Waals surface area (Å²) >= 11 is 6.34. The molecule has 6 nitrogen and oxygen atoms in total. The Labute approximate surface area is 188 Å². The fourth-order valence-electron chi connectivity index (χ4n) is 3.21. The minimum Gasteiger partial charge on any atom is -0.365 e. The summed E-state index contributed by atoms with van der Waals surface area (Å²) in [6.45, 7) is 2.97. The van der Waals surface area contributed by atoms with Gasteiger partial charge >= 0.3 is 0 Å². The number of halogens is 3. The van der Waals surface area contributed by atoms with Crippen molar-refractivity contribution in [3.05, 3.63) is 64.8 Å². The zero-order chi connectivity index (χ0) is 19.1. The second kappa shape index (κ2) is 12.7. The number of pyridine rings is 1. The SMILES string of the molecule is Cl.Cl.O=C(C=Cc1cnc(N[C@@H]2CCCN(Cc3ccccc3)C2)c(Cl)c1)NO. The molecule has 1 amide bonds. The number of aromatic nitrogens is 1. The molecule has 0 bridgehead atoms. The molecule has 1 aromatic carbocycles. The van der Waals surface area contributed by atoms with E-state index in [0.717, 1.165) is 32.5 Å². The molecule has 0 radical (unpaired) electrons. The number of amides is 1. The maximum Gasteiger partial charge on any atom is 0.267 e. The van der Waals surface area contributed by atoms with Gasteiger partial charge in [0.2, 0.25) is 0 Å². The number of rotatable bonds is 6. The minimum absolute atomic E-state index is 0. The van der Waals surface area contributed by atoms with E-state index < -0.39 is 5.91 Å². The highest BCUT2D eigenvalue weighted by Crippen LogP contribution is 2.24. The van der Waals surface area contributed by atoms with E-state index >= 15 is 0 Å². The number of hydrogen-bond acceptors (Lipinski definition) is 5. The van der Waals surface area contributed by atoms with Crippen LogP contribution in [0.1, 0.15) is 24.0 Å². The molecular formula is C20H25Cl3N4O2. The van der Waals surface area contributed by atoms with Crippen LogP contribution in [0.5, 0.6) is 0 Å². The van der Waals surface area contributed by atoms with Crippen LogP contribution in [0.2, 0.25) is 5.02 Å². The normalized spacial score (nSPS) is 16.6. The predicted molar refractivity (Wildman–Crippen MR) is 121 cm³/mol. The summed E-state index contributed by atoms with van der Waals surface area (Å²) < 4.78 is 0. The summed E-state index contributed by atoms with van der Waals surface area (Å²) in [6, 6.07) is 12.5. The summed E-state index contributed by atoms with van der Waals surface area (Å²) in [5.74, 6) is 0.0426. The van der Waals surface area contributed by atoms with Crippen molar-refractivity contribution in [1.82, 2.24) is 15.4 Å². The van der Waals surface area contributed by atoms with Gasteiger partial charge in [0, 0.05) is 31.4 Å². The molecule has 1 aromatic heterocycles. The highest BCUT2D eigenvalue weighted by atomic mass is 35.5. The van der Waals surface area contributed by atoms with Gasteiger partial charge in [-0.3, -0.25) is 14.9 Å². The molecule has 29 heavy (non-hydrogen) atoms.